The van der Waals surface area contributed by atoms with E-state index >= 15 is 0 Å². The summed E-state index contributed by atoms with van der Waals surface area (Å²) < 4.78 is 52.5. The van der Waals surface area contributed by atoms with Crippen LogP contribution in [0.25, 0.3) is 0 Å². The highest BCUT2D eigenvalue weighted by Crippen LogP contribution is 2.37. The van der Waals surface area contributed by atoms with E-state index in [-0.39, 0.29) is 37.8 Å². The minimum absolute atomic E-state index is 0.0608. The van der Waals surface area contributed by atoms with Gasteiger partial charge < -0.3 is 0 Å². The Morgan fingerprint density at radius 3 is 1.78 bits per heavy atom. The maximum Gasteiger partial charge on any atom is 0.248 e. The van der Waals surface area contributed by atoms with Crippen LogP contribution in [0.2, 0.25) is 0 Å². The molecule has 0 heterocycles. The largest absolute Gasteiger partial charge is 0.248 e. The first kappa shape index (κ1) is 15.8. The van der Waals surface area contributed by atoms with E-state index in [9.17, 15) is 17.2 Å². The van der Waals surface area contributed by atoms with E-state index in [0.29, 0.717) is 0 Å². The van der Waals surface area contributed by atoms with Gasteiger partial charge in [-0.15, -0.1) is 0 Å². The molecule has 0 unspecified atom stereocenters. The number of halogens is 2. The summed E-state index contributed by atoms with van der Waals surface area (Å²) >= 11 is 0. The summed E-state index contributed by atoms with van der Waals surface area (Å²) in [7, 11) is -3.47. The maximum absolute atomic E-state index is 13.1. The molecule has 0 saturated heterocycles. The van der Waals surface area contributed by atoms with Gasteiger partial charge in [-0.3, -0.25) is 0 Å². The normalized spacial score (nSPS) is 22.1. The zero-order valence-corrected chi connectivity index (χ0v) is 12.3. The van der Waals surface area contributed by atoms with Crippen LogP contribution in [0.4, 0.5) is 8.78 Å². The minimum Gasteiger partial charge on any atom is -0.212 e. The van der Waals surface area contributed by atoms with E-state index in [1.165, 1.54) is 4.31 Å². The standard InChI is InChI=1S/C12H23F2NO2S/c1-9(2)15(10(3)4)18(16,17)11-5-7-12(13,14)8-6-11/h9-11H,5-8H2,1-4H3. The molecule has 6 heteroatoms. The van der Waals surface area contributed by atoms with Crippen LogP contribution >= 0.6 is 0 Å². The zero-order chi connectivity index (χ0) is 14.1. The zero-order valence-electron chi connectivity index (χ0n) is 11.5. The molecule has 0 atom stereocenters. The van der Waals surface area contributed by atoms with Crippen LogP contribution in [0.3, 0.4) is 0 Å². The molecule has 0 radical (unpaired) electrons. The summed E-state index contributed by atoms with van der Waals surface area (Å²) in [4.78, 5) is 0. The van der Waals surface area contributed by atoms with Crippen LogP contribution in [0.5, 0.6) is 0 Å². The summed E-state index contributed by atoms with van der Waals surface area (Å²) in [5.41, 5.74) is 0. The fourth-order valence-electron chi connectivity index (χ4n) is 2.67. The number of hydrogen-bond acceptors (Lipinski definition) is 2. The number of hydrogen-bond donors (Lipinski definition) is 0. The van der Waals surface area contributed by atoms with Crippen LogP contribution in [0.15, 0.2) is 0 Å². The van der Waals surface area contributed by atoms with Crippen molar-refractivity contribution in [1.29, 1.82) is 0 Å². The third-order valence-electron chi connectivity index (χ3n) is 3.40. The molecule has 108 valence electrons. The first-order valence-corrected chi connectivity index (χ1v) is 7.98. The lowest BCUT2D eigenvalue weighted by Crippen LogP contribution is -2.48. The quantitative estimate of drug-likeness (QED) is 0.795. The second-order valence-electron chi connectivity index (χ2n) is 5.62. The van der Waals surface area contributed by atoms with Crippen molar-refractivity contribution in [1.82, 2.24) is 4.31 Å². The van der Waals surface area contributed by atoms with Gasteiger partial charge in [0.25, 0.3) is 0 Å². The van der Waals surface area contributed by atoms with Gasteiger partial charge >= 0.3 is 0 Å². The molecule has 1 fully saturated rings. The van der Waals surface area contributed by atoms with Crippen molar-refractivity contribution >= 4 is 10.0 Å². The van der Waals surface area contributed by atoms with Crippen molar-refractivity contribution in [3.63, 3.8) is 0 Å². The lowest BCUT2D eigenvalue weighted by molar-refractivity contribution is -0.0332. The molecule has 18 heavy (non-hydrogen) atoms. The molecule has 0 spiro atoms. The molecular weight excluding hydrogens is 260 g/mol. The molecule has 0 aromatic carbocycles. The van der Waals surface area contributed by atoms with Gasteiger partial charge in [-0.25, -0.2) is 17.2 Å². The molecule has 1 rings (SSSR count). The second-order valence-corrected chi connectivity index (χ2v) is 7.74. The number of alkyl halides is 2. The predicted molar refractivity (Wildman–Crippen MR) is 68.2 cm³/mol. The van der Waals surface area contributed by atoms with E-state index in [0.717, 1.165) is 0 Å². The highest BCUT2D eigenvalue weighted by atomic mass is 32.2. The van der Waals surface area contributed by atoms with Gasteiger partial charge in [0.15, 0.2) is 0 Å². The highest BCUT2D eigenvalue weighted by molar-refractivity contribution is 7.89. The van der Waals surface area contributed by atoms with E-state index in [4.69, 9.17) is 0 Å². The van der Waals surface area contributed by atoms with Crippen LogP contribution in [0.1, 0.15) is 53.4 Å². The summed E-state index contributed by atoms with van der Waals surface area (Å²) in [6.07, 6.45) is -0.515. The van der Waals surface area contributed by atoms with E-state index in [2.05, 4.69) is 0 Å². The van der Waals surface area contributed by atoms with Crippen molar-refractivity contribution in [2.24, 2.45) is 0 Å². The maximum atomic E-state index is 13.1. The van der Waals surface area contributed by atoms with Gasteiger partial charge in [-0.2, -0.15) is 4.31 Å². The summed E-state index contributed by atoms with van der Waals surface area (Å²) in [5, 5.41) is -0.651. The number of rotatable bonds is 4. The van der Waals surface area contributed by atoms with Gasteiger partial charge in [0.05, 0.1) is 5.25 Å². The summed E-state index contributed by atoms with van der Waals surface area (Å²) in [6, 6.07) is -0.283. The Morgan fingerprint density at radius 2 is 1.44 bits per heavy atom. The Bertz CT molecular complexity index is 362. The van der Waals surface area contributed by atoms with Gasteiger partial charge in [0.2, 0.25) is 15.9 Å². The molecule has 0 N–H and O–H groups in total. The van der Waals surface area contributed by atoms with Crippen LogP contribution < -0.4 is 0 Å². The summed E-state index contributed by atoms with van der Waals surface area (Å²) in [6.45, 7) is 7.26. The van der Waals surface area contributed by atoms with Crippen LogP contribution in [-0.2, 0) is 10.0 Å². The van der Waals surface area contributed by atoms with Crippen molar-refractivity contribution in [2.75, 3.05) is 0 Å². The van der Waals surface area contributed by atoms with E-state index in [1.807, 2.05) is 27.7 Å². The van der Waals surface area contributed by atoms with Gasteiger partial charge in [0.1, 0.15) is 0 Å². The molecular formula is C12H23F2NO2S. The Morgan fingerprint density at radius 1 is 1.06 bits per heavy atom. The molecule has 1 saturated carbocycles. The molecule has 0 amide bonds. The molecule has 0 aromatic heterocycles. The van der Waals surface area contributed by atoms with E-state index < -0.39 is 21.2 Å². The summed E-state index contributed by atoms with van der Waals surface area (Å²) in [5.74, 6) is -2.69. The lowest BCUT2D eigenvalue weighted by Gasteiger charge is -2.36. The first-order chi connectivity index (χ1) is 8.08. The Hall–Kier alpha value is -0.230. The monoisotopic (exact) mass is 283 g/mol. The average molecular weight is 283 g/mol. The highest BCUT2D eigenvalue weighted by Gasteiger charge is 2.42. The van der Waals surface area contributed by atoms with E-state index in [1.54, 1.807) is 0 Å². The minimum atomic E-state index is -3.47. The SMILES string of the molecule is CC(C)N(C(C)C)S(=O)(=O)C1CCC(F)(F)CC1. The van der Waals surface area contributed by atoms with Gasteiger partial charge in [0, 0.05) is 24.9 Å². The van der Waals surface area contributed by atoms with Crippen molar-refractivity contribution in [3.8, 4) is 0 Å². The van der Waals surface area contributed by atoms with Gasteiger partial charge in [-0.05, 0) is 40.5 Å². The lowest BCUT2D eigenvalue weighted by atomic mass is 9.96. The molecule has 1 aliphatic carbocycles. The van der Waals surface area contributed by atoms with Crippen molar-refractivity contribution < 1.29 is 17.2 Å². The van der Waals surface area contributed by atoms with Crippen LogP contribution in [0, 0.1) is 0 Å². The van der Waals surface area contributed by atoms with Gasteiger partial charge in [-0.1, -0.05) is 0 Å². The fraction of sp³-hybridized carbons (Fsp3) is 1.00. The first-order valence-electron chi connectivity index (χ1n) is 6.48. The number of sulfonamides is 1. The third kappa shape index (κ3) is 3.41. The topological polar surface area (TPSA) is 37.4 Å². The van der Waals surface area contributed by atoms with Crippen molar-refractivity contribution in [2.45, 2.75) is 76.6 Å². The second kappa shape index (κ2) is 5.41. The Labute approximate surface area is 109 Å². The van der Waals surface area contributed by atoms with Crippen molar-refractivity contribution in [3.05, 3.63) is 0 Å². The molecule has 1 aliphatic rings. The molecule has 0 bridgehead atoms. The predicted octanol–water partition coefficient (Wildman–Crippen LogP) is 3.01. The Balaban J connectivity index is 2.87. The third-order valence-corrected chi connectivity index (χ3v) is 6.14. The molecule has 3 nitrogen and oxygen atoms in total. The molecule has 0 aliphatic heterocycles. The average Bonchev–Trinajstić information content (AvgIpc) is 2.14. The molecule has 0 aromatic rings. The fourth-order valence-corrected chi connectivity index (χ4v) is 5.02. The van der Waals surface area contributed by atoms with Crippen LogP contribution in [-0.4, -0.2) is 36.0 Å². The smallest absolute Gasteiger partial charge is 0.212 e. The number of nitrogens with zero attached hydrogens (tertiary/aromatic N) is 1. The Kier molecular flexibility index (Phi) is 4.76.